The summed E-state index contributed by atoms with van der Waals surface area (Å²) < 4.78 is 38.7. The van der Waals surface area contributed by atoms with Gasteiger partial charge in [-0.15, -0.1) is 0 Å². The molecule has 9 heteroatoms. The molecule has 1 fully saturated rings. The number of alkyl halides is 3. The molecule has 2 aliphatic rings. The number of hydrogen-bond acceptors (Lipinski definition) is 3. The molecule has 31 heavy (non-hydrogen) atoms. The summed E-state index contributed by atoms with van der Waals surface area (Å²) in [6.45, 7) is 4.91. The van der Waals surface area contributed by atoms with E-state index in [0.29, 0.717) is 58.1 Å². The zero-order valence-corrected chi connectivity index (χ0v) is 18.3. The highest BCUT2D eigenvalue weighted by molar-refractivity contribution is 5.80. The van der Waals surface area contributed by atoms with Crippen LogP contribution in [0.25, 0.3) is 0 Å². The summed E-state index contributed by atoms with van der Waals surface area (Å²) in [5.41, 5.74) is 2.54. The molecule has 1 aromatic carbocycles. The summed E-state index contributed by atoms with van der Waals surface area (Å²) in [4.78, 5) is 22.2. The first-order valence-corrected chi connectivity index (χ1v) is 10.9. The number of carbonyl (C=O) groups is 1. The average molecular weight is 440 g/mol. The van der Waals surface area contributed by atoms with Gasteiger partial charge in [-0.3, -0.25) is 14.7 Å². The van der Waals surface area contributed by atoms with E-state index >= 15 is 0 Å². The fourth-order valence-corrected chi connectivity index (χ4v) is 4.17. The van der Waals surface area contributed by atoms with E-state index in [9.17, 15) is 18.0 Å². The minimum atomic E-state index is -4.20. The van der Waals surface area contributed by atoms with Crippen LogP contribution in [0.1, 0.15) is 30.9 Å². The molecule has 2 aliphatic heterocycles. The molecule has 1 saturated heterocycles. The summed E-state index contributed by atoms with van der Waals surface area (Å²) in [6, 6.07) is 6.81. The molecule has 1 amide bonds. The zero-order valence-electron chi connectivity index (χ0n) is 18.3. The van der Waals surface area contributed by atoms with Gasteiger partial charge in [0, 0.05) is 59.3 Å². The van der Waals surface area contributed by atoms with E-state index in [0.717, 1.165) is 13.0 Å². The number of nitrogens with zero attached hydrogens (tertiary/aromatic N) is 4. The molecule has 0 saturated carbocycles. The van der Waals surface area contributed by atoms with E-state index in [2.05, 4.69) is 22.4 Å². The first kappa shape index (κ1) is 23.4. The number of aliphatic imine (C=N–C) groups is 1. The molecule has 0 radical (unpaired) electrons. The third kappa shape index (κ3) is 6.12. The molecule has 1 atom stereocenters. The lowest BCUT2D eigenvalue weighted by Crippen LogP contribution is -2.56. The van der Waals surface area contributed by atoms with Crippen molar-refractivity contribution < 1.29 is 18.0 Å². The Morgan fingerprint density at radius 2 is 1.77 bits per heavy atom. The van der Waals surface area contributed by atoms with Crippen molar-refractivity contribution in [3.8, 4) is 0 Å². The van der Waals surface area contributed by atoms with Gasteiger partial charge in [-0.1, -0.05) is 24.3 Å². The number of piperazine rings is 1. The summed E-state index contributed by atoms with van der Waals surface area (Å²) >= 11 is 0. The maximum atomic E-state index is 12.9. The Labute approximate surface area is 182 Å². The summed E-state index contributed by atoms with van der Waals surface area (Å²) in [7, 11) is 1.67. The number of hydrogen-bond donors (Lipinski definition) is 1. The molecule has 1 unspecified atom stereocenters. The second kappa shape index (κ2) is 10.3. The van der Waals surface area contributed by atoms with Crippen molar-refractivity contribution in [3.05, 3.63) is 35.4 Å². The van der Waals surface area contributed by atoms with Gasteiger partial charge in [0.25, 0.3) is 0 Å². The van der Waals surface area contributed by atoms with Crippen LogP contribution >= 0.6 is 0 Å². The summed E-state index contributed by atoms with van der Waals surface area (Å²) in [6.07, 6.45) is -2.17. The van der Waals surface area contributed by atoms with E-state index < -0.39 is 12.2 Å². The number of guanidine groups is 1. The van der Waals surface area contributed by atoms with Gasteiger partial charge in [0.15, 0.2) is 5.96 Å². The third-order valence-electron chi connectivity index (χ3n) is 6.18. The van der Waals surface area contributed by atoms with Crippen molar-refractivity contribution in [2.75, 3.05) is 46.3 Å². The smallest absolute Gasteiger partial charge is 0.356 e. The minimum Gasteiger partial charge on any atom is -0.356 e. The molecule has 0 spiro atoms. The van der Waals surface area contributed by atoms with Gasteiger partial charge in [0.1, 0.15) is 6.04 Å². The first-order valence-electron chi connectivity index (χ1n) is 10.9. The predicted octanol–water partition coefficient (Wildman–Crippen LogP) is 2.50. The lowest BCUT2D eigenvalue weighted by molar-refractivity contribution is -0.181. The van der Waals surface area contributed by atoms with Crippen molar-refractivity contribution >= 4 is 11.9 Å². The SMILES string of the molecule is CN=C(NCCCC(=O)N1CCc2ccccc2C1)N1CCN(C(C)C(F)(F)F)CC1. The number of halogens is 3. The number of benzene rings is 1. The predicted molar refractivity (Wildman–Crippen MR) is 115 cm³/mol. The number of nitrogens with one attached hydrogen (secondary N) is 1. The van der Waals surface area contributed by atoms with Gasteiger partial charge in [0.05, 0.1) is 0 Å². The highest BCUT2D eigenvalue weighted by Crippen LogP contribution is 2.25. The van der Waals surface area contributed by atoms with E-state index in [-0.39, 0.29) is 5.91 Å². The molecule has 3 rings (SSSR count). The van der Waals surface area contributed by atoms with Crippen LogP contribution in [0.4, 0.5) is 13.2 Å². The van der Waals surface area contributed by atoms with Gasteiger partial charge in [-0.05, 0) is 30.9 Å². The highest BCUT2D eigenvalue weighted by atomic mass is 19.4. The molecular weight excluding hydrogens is 407 g/mol. The van der Waals surface area contributed by atoms with Crippen molar-refractivity contribution in [1.29, 1.82) is 0 Å². The molecule has 1 aromatic rings. The third-order valence-corrected chi connectivity index (χ3v) is 6.18. The molecule has 172 valence electrons. The molecule has 0 bridgehead atoms. The van der Waals surface area contributed by atoms with Crippen LogP contribution in [0.3, 0.4) is 0 Å². The lowest BCUT2D eigenvalue weighted by Gasteiger charge is -2.39. The van der Waals surface area contributed by atoms with Crippen LogP contribution in [0, 0.1) is 0 Å². The van der Waals surface area contributed by atoms with E-state index in [4.69, 9.17) is 0 Å². The maximum Gasteiger partial charge on any atom is 0.403 e. The molecular formula is C22H32F3N5O. The Bertz CT molecular complexity index is 775. The minimum absolute atomic E-state index is 0.154. The fraction of sp³-hybridized carbons (Fsp3) is 0.636. The van der Waals surface area contributed by atoms with E-state index in [1.165, 1.54) is 23.0 Å². The van der Waals surface area contributed by atoms with Crippen LogP contribution in [-0.4, -0.2) is 85.1 Å². The number of rotatable bonds is 5. The van der Waals surface area contributed by atoms with Crippen LogP contribution in [0.2, 0.25) is 0 Å². The van der Waals surface area contributed by atoms with Gasteiger partial charge in [-0.2, -0.15) is 13.2 Å². The number of amides is 1. The Kier molecular flexibility index (Phi) is 7.80. The monoisotopic (exact) mass is 439 g/mol. The summed E-state index contributed by atoms with van der Waals surface area (Å²) in [5, 5.41) is 3.25. The average Bonchev–Trinajstić information content (AvgIpc) is 2.77. The molecule has 0 aliphatic carbocycles. The van der Waals surface area contributed by atoms with E-state index in [1.807, 2.05) is 21.9 Å². The Morgan fingerprint density at radius 1 is 1.10 bits per heavy atom. The summed E-state index contributed by atoms with van der Waals surface area (Å²) in [5.74, 6) is 0.833. The van der Waals surface area contributed by atoms with Crippen molar-refractivity contribution in [2.45, 2.75) is 44.9 Å². The van der Waals surface area contributed by atoms with E-state index in [1.54, 1.807) is 7.05 Å². The molecule has 6 nitrogen and oxygen atoms in total. The zero-order chi connectivity index (χ0) is 22.4. The second-order valence-corrected chi connectivity index (χ2v) is 8.15. The topological polar surface area (TPSA) is 51.2 Å². The van der Waals surface area contributed by atoms with Crippen LogP contribution in [0.5, 0.6) is 0 Å². The van der Waals surface area contributed by atoms with Gasteiger partial charge >= 0.3 is 6.18 Å². The first-order chi connectivity index (χ1) is 14.8. The maximum absolute atomic E-state index is 12.9. The van der Waals surface area contributed by atoms with Crippen molar-refractivity contribution in [3.63, 3.8) is 0 Å². The van der Waals surface area contributed by atoms with Crippen LogP contribution in [-0.2, 0) is 17.8 Å². The lowest BCUT2D eigenvalue weighted by atomic mass is 9.99. The van der Waals surface area contributed by atoms with Crippen LogP contribution < -0.4 is 5.32 Å². The number of carbonyl (C=O) groups excluding carboxylic acids is 1. The Balaban J connectivity index is 1.38. The quantitative estimate of drug-likeness (QED) is 0.435. The highest BCUT2D eigenvalue weighted by Gasteiger charge is 2.41. The van der Waals surface area contributed by atoms with Crippen molar-refractivity contribution in [2.24, 2.45) is 4.99 Å². The molecule has 1 N–H and O–H groups in total. The number of fused-ring (bicyclic) bond motifs is 1. The van der Waals surface area contributed by atoms with Gasteiger partial charge in [-0.25, -0.2) is 0 Å². The Hall–Kier alpha value is -2.29. The standard InChI is InChI=1S/C22H32F3N5O/c1-17(22(23,24)25)28-12-14-29(15-13-28)21(26-2)27-10-5-8-20(31)30-11-9-18-6-3-4-7-19(18)16-30/h3-4,6-7,17H,5,8-16H2,1-2H3,(H,26,27). The molecule has 2 heterocycles. The second-order valence-electron chi connectivity index (χ2n) is 8.15. The van der Waals surface area contributed by atoms with Crippen molar-refractivity contribution in [1.82, 2.24) is 20.0 Å². The fourth-order valence-electron chi connectivity index (χ4n) is 4.17. The normalized spacial score (nSPS) is 19.2. The Morgan fingerprint density at radius 3 is 2.42 bits per heavy atom. The largest absolute Gasteiger partial charge is 0.403 e. The van der Waals surface area contributed by atoms with Gasteiger partial charge in [0.2, 0.25) is 5.91 Å². The molecule has 0 aromatic heterocycles. The van der Waals surface area contributed by atoms with Gasteiger partial charge < -0.3 is 15.1 Å². The van der Waals surface area contributed by atoms with Crippen LogP contribution in [0.15, 0.2) is 29.3 Å².